The summed E-state index contributed by atoms with van der Waals surface area (Å²) in [5, 5.41) is 22.1. The molecule has 29 heavy (non-hydrogen) atoms. The first-order valence-electron chi connectivity index (χ1n) is 9.02. The van der Waals surface area contributed by atoms with Gasteiger partial charge in [0.2, 0.25) is 5.91 Å². The maximum absolute atomic E-state index is 12.6. The van der Waals surface area contributed by atoms with Gasteiger partial charge < -0.3 is 15.5 Å². The van der Waals surface area contributed by atoms with Gasteiger partial charge in [-0.15, -0.1) is 0 Å². The summed E-state index contributed by atoms with van der Waals surface area (Å²) in [6.07, 6.45) is 2.33. The number of aromatic hydroxyl groups is 2. The zero-order valence-corrected chi connectivity index (χ0v) is 17.1. The van der Waals surface area contributed by atoms with E-state index in [1.165, 1.54) is 23.1 Å². The highest BCUT2D eigenvalue weighted by Gasteiger charge is 2.31. The van der Waals surface area contributed by atoms with Gasteiger partial charge in [0.1, 0.15) is 15.8 Å². The number of amides is 2. The fourth-order valence-corrected chi connectivity index (χ4v) is 4.07. The normalized spacial score (nSPS) is 15.2. The second kappa shape index (κ2) is 9.58. The average molecular weight is 429 g/mol. The maximum atomic E-state index is 12.6. The zero-order chi connectivity index (χ0) is 20.8. The minimum atomic E-state index is -0.253. The van der Waals surface area contributed by atoms with Gasteiger partial charge in [0.05, 0.1) is 4.91 Å². The maximum Gasteiger partial charge on any atom is 0.266 e. The van der Waals surface area contributed by atoms with Crippen LogP contribution in [0.3, 0.4) is 0 Å². The SMILES string of the molecule is O=C(CCCN1C(=O)/C(=C/c2ccc(O)cc2O)SC1=S)NCc1ccccc1. The number of phenols is 2. The molecule has 1 aliphatic rings. The largest absolute Gasteiger partial charge is 0.508 e. The summed E-state index contributed by atoms with van der Waals surface area (Å²) in [4.78, 5) is 26.5. The molecule has 0 aliphatic carbocycles. The van der Waals surface area contributed by atoms with Gasteiger partial charge in [0.25, 0.3) is 5.91 Å². The molecule has 8 heteroatoms. The van der Waals surface area contributed by atoms with Gasteiger partial charge >= 0.3 is 0 Å². The van der Waals surface area contributed by atoms with E-state index in [-0.39, 0.29) is 23.3 Å². The molecule has 0 spiro atoms. The molecule has 1 fully saturated rings. The van der Waals surface area contributed by atoms with Crippen LogP contribution in [0, 0.1) is 0 Å². The van der Waals surface area contributed by atoms with E-state index >= 15 is 0 Å². The topological polar surface area (TPSA) is 89.9 Å². The standard InChI is InChI=1S/C21H20N2O4S2/c24-16-9-8-15(17(25)12-16)11-18-20(27)23(21(28)29-18)10-4-7-19(26)22-13-14-5-2-1-3-6-14/h1-3,5-6,8-9,11-12,24-25H,4,7,10,13H2,(H,22,26)/b18-11-. The third kappa shape index (κ3) is 5.58. The predicted octanol–water partition coefficient (Wildman–Crippen LogP) is 3.40. The van der Waals surface area contributed by atoms with Crippen LogP contribution < -0.4 is 5.32 Å². The van der Waals surface area contributed by atoms with Gasteiger partial charge in [-0.3, -0.25) is 14.5 Å². The van der Waals surface area contributed by atoms with Crippen LogP contribution in [0.1, 0.15) is 24.0 Å². The highest BCUT2D eigenvalue weighted by Crippen LogP contribution is 2.34. The van der Waals surface area contributed by atoms with E-state index in [0.717, 1.165) is 17.3 Å². The summed E-state index contributed by atoms with van der Waals surface area (Å²) in [5.41, 5.74) is 1.45. The van der Waals surface area contributed by atoms with E-state index in [2.05, 4.69) is 5.32 Å². The number of nitrogens with one attached hydrogen (secondary N) is 1. The summed E-state index contributed by atoms with van der Waals surface area (Å²) in [6, 6.07) is 13.8. The lowest BCUT2D eigenvalue weighted by Crippen LogP contribution is -2.30. The number of carbonyl (C=O) groups excluding carboxylic acids is 2. The molecule has 2 aromatic carbocycles. The Bertz CT molecular complexity index is 960. The van der Waals surface area contributed by atoms with Crippen molar-refractivity contribution in [1.29, 1.82) is 0 Å². The Balaban J connectivity index is 1.51. The van der Waals surface area contributed by atoms with Gasteiger partial charge in [-0.05, 0) is 30.2 Å². The molecule has 0 radical (unpaired) electrons. The van der Waals surface area contributed by atoms with E-state index in [1.807, 2.05) is 30.3 Å². The minimum absolute atomic E-state index is 0.0576. The van der Waals surface area contributed by atoms with Crippen molar-refractivity contribution in [3.05, 3.63) is 64.6 Å². The Labute approximate surface area is 178 Å². The third-order valence-corrected chi connectivity index (χ3v) is 5.67. The van der Waals surface area contributed by atoms with Crippen molar-refractivity contribution in [3.63, 3.8) is 0 Å². The van der Waals surface area contributed by atoms with Crippen molar-refractivity contribution in [3.8, 4) is 11.5 Å². The van der Waals surface area contributed by atoms with Crippen LogP contribution in [-0.2, 0) is 16.1 Å². The first-order chi connectivity index (χ1) is 13.9. The number of carbonyl (C=O) groups is 2. The van der Waals surface area contributed by atoms with Crippen LogP contribution in [-0.4, -0.2) is 37.8 Å². The molecule has 0 saturated carbocycles. The Morgan fingerprint density at radius 3 is 2.66 bits per heavy atom. The average Bonchev–Trinajstić information content (AvgIpc) is 2.96. The van der Waals surface area contributed by atoms with Crippen molar-refractivity contribution in [2.24, 2.45) is 0 Å². The fourth-order valence-electron chi connectivity index (χ4n) is 2.77. The molecule has 3 N–H and O–H groups in total. The smallest absolute Gasteiger partial charge is 0.266 e. The molecule has 1 heterocycles. The number of rotatable bonds is 7. The number of thiocarbonyl (C=S) groups is 1. The summed E-state index contributed by atoms with van der Waals surface area (Å²) in [5.74, 6) is -0.510. The van der Waals surface area contributed by atoms with Gasteiger partial charge in [-0.1, -0.05) is 54.3 Å². The lowest BCUT2D eigenvalue weighted by atomic mass is 10.1. The number of hydrogen-bond acceptors (Lipinski definition) is 6. The summed E-state index contributed by atoms with van der Waals surface area (Å²) >= 11 is 6.43. The van der Waals surface area contributed by atoms with Crippen molar-refractivity contribution in [2.45, 2.75) is 19.4 Å². The number of hydrogen-bond donors (Lipinski definition) is 3. The minimum Gasteiger partial charge on any atom is -0.508 e. The summed E-state index contributed by atoms with van der Waals surface area (Å²) < 4.78 is 0.421. The Kier molecular flexibility index (Phi) is 6.90. The van der Waals surface area contributed by atoms with Crippen molar-refractivity contribution in [1.82, 2.24) is 10.2 Å². The first-order valence-corrected chi connectivity index (χ1v) is 10.2. The quantitative estimate of drug-likeness (QED) is 0.463. The molecule has 150 valence electrons. The van der Waals surface area contributed by atoms with Crippen molar-refractivity contribution < 1.29 is 19.8 Å². The fraction of sp³-hybridized carbons (Fsp3) is 0.190. The van der Waals surface area contributed by atoms with Crippen LogP contribution in [0.5, 0.6) is 11.5 Å². The second-order valence-corrected chi connectivity index (χ2v) is 8.12. The lowest BCUT2D eigenvalue weighted by molar-refractivity contribution is -0.124. The van der Waals surface area contributed by atoms with Gasteiger partial charge in [0, 0.05) is 31.1 Å². The molecular formula is C21H20N2O4S2. The van der Waals surface area contributed by atoms with E-state index in [9.17, 15) is 19.8 Å². The molecule has 3 rings (SSSR count). The zero-order valence-electron chi connectivity index (χ0n) is 15.5. The number of phenolic OH excluding ortho intramolecular Hbond substituents is 2. The predicted molar refractivity (Wildman–Crippen MR) is 117 cm³/mol. The number of benzene rings is 2. The second-order valence-electron chi connectivity index (χ2n) is 6.44. The molecule has 1 saturated heterocycles. The van der Waals surface area contributed by atoms with E-state index in [4.69, 9.17) is 12.2 Å². The third-order valence-electron chi connectivity index (χ3n) is 4.29. The van der Waals surface area contributed by atoms with Gasteiger partial charge in [-0.2, -0.15) is 0 Å². The van der Waals surface area contributed by atoms with Crippen LogP contribution >= 0.6 is 24.0 Å². The summed E-state index contributed by atoms with van der Waals surface area (Å²) in [7, 11) is 0. The lowest BCUT2D eigenvalue weighted by Gasteiger charge is -2.14. The highest BCUT2D eigenvalue weighted by atomic mass is 32.2. The van der Waals surface area contributed by atoms with Crippen LogP contribution in [0.2, 0.25) is 0 Å². The molecular weight excluding hydrogens is 408 g/mol. The van der Waals surface area contributed by atoms with Crippen molar-refractivity contribution >= 4 is 46.2 Å². The van der Waals surface area contributed by atoms with Gasteiger partial charge in [0.15, 0.2) is 0 Å². The highest BCUT2D eigenvalue weighted by molar-refractivity contribution is 8.26. The molecule has 0 unspecified atom stereocenters. The number of nitrogens with zero attached hydrogens (tertiary/aromatic N) is 1. The monoisotopic (exact) mass is 428 g/mol. The Morgan fingerprint density at radius 1 is 1.17 bits per heavy atom. The van der Waals surface area contributed by atoms with E-state index < -0.39 is 0 Å². The van der Waals surface area contributed by atoms with Crippen LogP contribution in [0.4, 0.5) is 0 Å². The molecule has 6 nitrogen and oxygen atoms in total. The molecule has 2 amide bonds. The van der Waals surface area contributed by atoms with Crippen LogP contribution in [0.15, 0.2) is 53.4 Å². The van der Waals surface area contributed by atoms with E-state index in [0.29, 0.717) is 40.7 Å². The van der Waals surface area contributed by atoms with Crippen LogP contribution in [0.25, 0.3) is 6.08 Å². The first kappa shape index (κ1) is 20.9. The van der Waals surface area contributed by atoms with Crippen molar-refractivity contribution in [2.75, 3.05) is 6.54 Å². The number of thioether (sulfide) groups is 1. The molecule has 1 aliphatic heterocycles. The molecule has 0 atom stereocenters. The molecule has 0 aromatic heterocycles. The molecule has 0 bridgehead atoms. The molecule has 2 aromatic rings. The Hall–Kier alpha value is -2.84. The van der Waals surface area contributed by atoms with Gasteiger partial charge in [-0.25, -0.2) is 0 Å². The van der Waals surface area contributed by atoms with E-state index in [1.54, 1.807) is 6.08 Å². The summed E-state index contributed by atoms with van der Waals surface area (Å²) in [6.45, 7) is 0.821. The Morgan fingerprint density at radius 2 is 1.93 bits per heavy atom.